The summed E-state index contributed by atoms with van der Waals surface area (Å²) >= 11 is 6.33. The molecule has 3 aromatic rings. The van der Waals surface area contributed by atoms with Gasteiger partial charge in [-0.15, -0.1) is 0 Å². The average Bonchev–Trinajstić information content (AvgIpc) is 2.95. The topological polar surface area (TPSA) is 86.1 Å². The second kappa shape index (κ2) is 6.79. The minimum atomic E-state index is -3.33. The van der Waals surface area contributed by atoms with Crippen LogP contribution in [0.1, 0.15) is 11.1 Å². The maximum atomic E-state index is 11.8. The van der Waals surface area contributed by atoms with Gasteiger partial charge in [0.05, 0.1) is 29.1 Å². The number of nitrogens with zero attached hydrogens (tertiary/aromatic N) is 3. The standard InChI is InChI=1S/C19H19ClN4O3S/c1-11-8-16(20)24-7-6-12-10-21-19(23-17(12)18(11)24)22-14-5-4-13(28(3,25)26)9-15(14)27-2/h4-5,8-10H,6-7H2,1-3H3,(H,21,22,23). The second-order valence-corrected chi connectivity index (χ2v) is 9.13. The lowest BCUT2D eigenvalue weighted by atomic mass is 10.0. The van der Waals surface area contributed by atoms with Gasteiger partial charge >= 0.3 is 0 Å². The highest BCUT2D eigenvalue weighted by atomic mass is 35.5. The molecule has 9 heteroatoms. The van der Waals surface area contributed by atoms with Crippen LogP contribution in [0.15, 0.2) is 35.4 Å². The first-order valence-electron chi connectivity index (χ1n) is 8.65. The van der Waals surface area contributed by atoms with E-state index in [1.165, 1.54) is 19.2 Å². The summed E-state index contributed by atoms with van der Waals surface area (Å²) in [5.74, 6) is 0.793. The van der Waals surface area contributed by atoms with Crippen LogP contribution in [0.25, 0.3) is 11.4 Å². The van der Waals surface area contributed by atoms with Crippen LogP contribution in [0, 0.1) is 6.92 Å². The first kappa shape index (κ1) is 18.8. The van der Waals surface area contributed by atoms with E-state index in [0.29, 0.717) is 22.5 Å². The number of halogens is 1. The predicted octanol–water partition coefficient (Wildman–Crippen LogP) is 3.62. The van der Waals surface area contributed by atoms with E-state index >= 15 is 0 Å². The lowest BCUT2D eigenvalue weighted by molar-refractivity contribution is 0.415. The first-order valence-corrected chi connectivity index (χ1v) is 10.9. The number of anilines is 2. The van der Waals surface area contributed by atoms with E-state index in [1.807, 2.05) is 19.2 Å². The fourth-order valence-corrected chi connectivity index (χ4v) is 4.36. The molecular weight excluding hydrogens is 400 g/mol. The van der Waals surface area contributed by atoms with Crippen LogP contribution in [-0.4, -0.2) is 36.3 Å². The summed E-state index contributed by atoms with van der Waals surface area (Å²) in [4.78, 5) is 9.28. The number of sulfone groups is 1. The van der Waals surface area contributed by atoms with Crippen LogP contribution in [0.2, 0.25) is 5.15 Å². The van der Waals surface area contributed by atoms with Gasteiger partial charge in [0.1, 0.15) is 10.9 Å². The van der Waals surface area contributed by atoms with Crippen LogP contribution in [0.3, 0.4) is 0 Å². The van der Waals surface area contributed by atoms with Crippen LogP contribution < -0.4 is 10.1 Å². The molecule has 0 bridgehead atoms. The molecule has 0 atom stereocenters. The van der Waals surface area contributed by atoms with Crippen molar-refractivity contribution in [1.82, 2.24) is 14.5 Å². The van der Waals surface area contributed by atoms with Gasteiger partial charge in [-0.25, -0.2) is 18.4 Å². The normalized spacial score (nSPS) is 13.0. The number of aromatic nitrogens is 3. The third-order valence-corrected chi connectivity index (χ3v) is 6.20. The predicted molar refractivity (Wildman–Crippen MR) is 108 cm³/mol. The molecule has 0 saturated carbocycles. The summed E-state index contributed by atoms with van der Waals surface area (Å²) < 4.78 is 30.9. The van der Waals surface area contributed by atoms with Gasteiger partial charge in [-0.2, -0.15) is 0 Å². The molecule has 1 aliphatic rings. The van der Waals surface area contributed by atoms with Gasteiger partial charge in [0.15, 0.2) is 9.84 Å². The molecule has 0 spiro atoms. The zero-order chi connectivity index (χ0) is 20.1. The number of methoxy groups -OCH3 is 1. The smallest absolute Gasteiger partial charge is 0.227 e. The molecule has 0 saturated heterocycles. The quantitative estimate of drug-likeness (QED) is 0.696. The monoisotopic (exact) mass is 418 g/mol. The molecule has 7 nitrogen and oxygen atoms in total. The highest BCUT2D eigenvalue weighted by Gasteiger charge is 2.23. The maximum Gasteiger partial charge on any atom is 0.227 e. The summed E-state index contributed by atoms with van der Waals surface area (Å²) in [5, 5.41) is 3.82. The number of hydrogen-bond acceptors (Lipinski definition) is 6. The maximum absolute atomic E-state index is 11.8. The van der Waals surface area contributed by atoms with Gasteiger partial charge in [0, 0.05) is 30.6 Å². The zero-order valence-electron chi connectivity index (χ0n) is 15.7. The Bertz CT molecular complexity index is 1190. The third kappa shape index (κ3) is 3.22. The van der Waals surface area contributed by atoms with Crippen LogP contribution >= 0.6 is 11.6 Å². The molecule has 1 N–H and O–H groups in total. The zero-order valence-corrected chi connectivity index (χ0v) is 17.2. The molecule has 0 radical (unpaired) electrons. The van der Waals surface area contributed by atoms with Gasteiger partial charge in [-0.3, -0.25) is 0 Å². The summed E-state index contributed by atoms with van der Waals surface area (Å²) in [6.45, 7) is 2.81. The number of rotatable bonds is 4. The largest absolute Gasteiger partial charge is 0.495 e. The molecule has 0 unspecified atom stereocenters. The first-order chi connectivity index (χ1) is 13.3. The van der Waals surface area contributed by atoms with Crippen molar-refractivity contribution in [3.05, 3.63) is 46.7 Å². The Balaban J connectivity index is 1.73. The van der Waals surface area contributed by atoms with Crippen molar-refractivity contribution < 1.29 is 13.2 Å². The van der Waals surface area contributed by atoms with Crippen LogP contribution in [0.5, 0.6) is 5.75 Å². The molecule has 3 heterocycles. The van der Waals surface area contributed by atoms with Gasteiger partial charge in [-0.1, -0.05) is 11.6 Å². The lowest BCUT2D eigenvalue weighted by Gasteiger charge is -2.20. The minimum Gasteiger partial charge on any atom is -0.495 e. The number of benzene rings is 1. The number of ether oxygens (including phenoxy) is 1. The van der Waals surface area contributed by atoms with Crippen molar-refractivity contribution in [2.45, 2.75) is 24.8 Å². The highest BCUT2D eigenvalue weighted by Crippen LogP contribution is 2.36. The second-order valence-electron chi connectivity index (χ2n) is 6.73. The van der Waals surface area contributed by atoms with E-state index < -0.39 is 9.84 Å². The van der Waals surface area contributed by atoms with Crippen molar-refractivity contribution >= 4 is 33.1 Å². The van der Waals surface area contributed by atoms with Crippen molar-refractivity contribution in [3.63, 3.8) is 0 Å². The number of fused-ring (bicyclic) bond motifs is 3. The Kier molecular flexibility index (Phi) is 4.55. The van der Waals surface area contributed by atoms with E-state index in [-0.39, 0.29) is 4.90 Å². The van der Waals surface area contributed by atoms with E-state index in [9.17, 15) is 8.42 Å². The van der Waals surface area contributed by atoms with Crippen molar-refractivity contribution in [1.29, 1.82) is 0 Å². The van der Waals surface area contributed by atoms with Gasteiger partial charge in [0.2, 0.25) is 5.95 Å². The van der Waals surface area contributed by atoms with Crippen molar-refractivity contribution in [3.8, 4) is 17.1 Å². The van der Waals surface area contributed by atoms with Crippen LogP contribution in [0.4, 0.5) is 11.6 Å². The highest BCUT2D eigenvalue weighted by molar-refractivity contribution is 7.90. The minimum absolute atomic E-state index is 0.185. The molecule has 4 rings (SSSR count). The third-order valence-electron chi connectivity index (χ3n) is 4.78. The fraction of sp³-hybridized carbons (Fsp3) is 0.263. The Morgan fingerprint density at radius 3 is 2.79 bits per heavy atom. The SMILES string of the molecule is COc1cc(S(C)(=O)=O)ccc1Nc1ncc2c(n1)-c1c(C)cc(Cl)n1CC2. The Labute approximate surface area is 168 Å². The Morgan fingerprint density at radius 1 is 1.29 bits per heavy atom. The summed E-state index contributed by atoms with van der Waals surface area (Å²) in [7, 11) is -1.84. The molecule has 28 heavy (non-hydrogen) atoms. The van der Waals surface area contributed by atoms with Crippen molar-refractivity contribution in [2.24, 2.45) is 0 Å². The van der Waals surface area contributed by atoms with Gasteiger partial charge in [0.25, 0.3) is 0 Å². The molecular formula is C19H19ClN4O3S. The van der Waals surface area contributed by atoms with Crippen LogP contribution in [-0.2, 0) is 22.8 Å². The molecule has 0 amide bonds. The van der Waals surface area contributed by atoms with Crippen molar-refractivity contribution in [2.75, 3.05) is 18.7 Å². The number of aryl methyl sites for hydroxylation is 2. The summed E-state index contributed by atoms with van der Waals surface area (Å²) in [6.07, 6.45) is 3.78. The molecule has 0 fully saturated rings. The van der Waals surface area contributed by atoms with E-state index in [2.05, 4.69) is 14.9 Å². The number of nitrogens with one attached hydrogen (secondary N) is 1. The lowest BCUT2D eigenvalue weighted by Crippen LogP contribution is -2.14. The van der Waals surface area contributed by atoms with Gasteiger partial charge in [-0.05, 0) is 37.1 Å². The van der Waals surface area contributed by atoms with Gasteiger partial charge < -0.3 is 14.6 Å². The Morgan fingerprint density at radius 2 is 2.07 bits per heavy atom. The molecule has 2 aromatic heterocycles. The average molecular weight is 419 g/mol. The summed E-state index contributed by atoms with van der Waals surface area (Å²) in [6, 6.07) is 6.58. The number of hydrogen-bond donors (Lipinski definition) is 1. The fourth-order valence-electron chi connectivity index (χ4n) is 3.39. The molecule has 0 aliphatic carbocycles. The Hall–Kier alpha value is -2.58. The van der Waals surface area contributed by atoms with E-state index in [1.54, 1.807) is 6.07 Å². The van der Waals surface area contributed by atoms with E-state index in [0.717, 1.165) is 41.7 Å². The molecule has 1 aromatic carbocycles. The summed E-state index contributed by atoms with van der Waals surface area (Å²) in [5.41, 5.74) is 4.55. The molecule has 1 aliphatic heterocycles. The van der Waals surface area contributed by atoms with E-state index in [4.69, 9.17) is 21.3 Å². The molecule has 146 valence electrons.